The Bertz CT molecular complexity index is 2460. The molecule has 1 radical (unpaired) electrons. The zero-order valence-corrected chi connectivity index (χ0v) is 36.3. The molecule has 3 aromatic heterocycles. The van der Waals surface area contributed by atoms with Gasteiger partial charge in [0.25, 0.3) is 0 Å². The predicted octanol–water partition coefficient (Wildman–Crippen LogP) is 13.0. The smallest absolute Gasteiger partial charge is 0.121 e. The number of hydrogen-bond donors (Lipinski definition) is 0. The number of nitrogens with zero attached hydrogens (tertiary/aromatic N) is 2. The number of benzene rings is 5. The molecule has 0 atom stereocenters. The Balaban J connectivity index is 0.000000178. The zero-order valence-electron chi connectivity index (χ0n) is 31.8. The molecule has 3 nitrogen and oxygen atoms in total. The van der Waals surface area contributed by atoms with Gasteiger partial charge < -0.3 is 9.40 Å². The molecule has 5 aromatic carbocycles. The fourth-order valence-corrected chi connectivity index (χ4v) is 9.77. The first-order chi connectivity index (χ1) is 26.4. The molecule has 3 heterocycles. The second-order valence-corrected chi connectivity index (χ2v) is 26.2. The molecular formula is C50H46GeIrN2O-2. The number of pyridine rings is 2. The number of aromatic nitrogens is 2. The minimum absolute atomic E-state index is 0. The van der Waals surface area contributed by atoms with E-state index in [1.54, 1.807) is 0 Å². The van der Waals surface area contributed by atoms with Crippen molar-refractivity contribution >= 4 is 39.6 Å². The van der Waals surface area contributed by atoms with Gasteiger partial charge in [0.15, 0.2) is 0 Å². The minimum Gasteiger partial charge on any atom is -0.501 e. The van der Waals surface area contributed by atoms with E-state index < -0.39 is 13.3 Å². The molecule has 277 valence electrons. The first-order valence-electron chi connectivity index (χ1n) is 19.3. The summed E-state index contributed by atoms with van der Waals surface area (Å²) in [6.07, 6.45) is 12.0. The van der Waals surface area contributed by atoms with Crippen LogP contribution in [0.2, 0.25) is 17.3 Å². The Hall–Kier alpha value is -4.61. The molecule has 0 amide bonds. The van der Waals surface area contributed by atoms with Crippen molar-refractivity contribution in [1.82, 2.24) is 9.97 Å². The van der Waals surface area contributed by atoms with Gasteiger partial charge in [-0.15, -0.1) is 18.2 Å². The largest absolute Gasteiger partial charge is 0.501 e. The third-order valence-corrected chi connectivity index (χ3v) is 14.9. The Morgan fingerprint density at radius 1 is 0.655 bits per heavy atom. The Kier molecular flexibility index (Phi) is 12.3. The zero-order chi connectivity index (χ0) is 36.9. The van der Waals surface area contributed by atoms with E-state index in [4.69, 9.17) is 9.40 Å². The summed E-state index contributed by atoms with van der Waals surface area (Å²) in [6.45, 7) is 0. The molecule has 1 aliphatic rings. The average molecular weight is 956 g/mol. The summed E-state index contributed by atoms with van der Waals surface area (Å²) in [6, 6.07) is 53.2. The van der Waals surface area contributed by atoms with Crippen molar-refractivity contribution in [3.05, 3.63) is 164 Å². The van der Waals surface area contributed by atoms with E-state index in [-0.39, 0.29) is 20.1 Å². The normalized spacial score (nSPS) is 13.2. The average Bonchev–Trinajstić information content (AvgIpc) is 3.60. The van der Waals surface area contributed by atoms with E-state index in [9.17, 15) is 0 Å². The van der Waals surface area contributed by atoms with Gasteiger partial charge in [0, 0.05) is 31.7 Å². The van der Waals surface area contributed by atoms with E-state index in [1.807, 2.05) is 36.7 Å². The molecule has 1 fully saturated rings. The van der Waals surface area contributed by atoms with Gasteiger partial charge in [-0.1, -0.05) is 97.1 Å². The fourth-order valence-electron chi connectivity index (χ4n) is 7.60. The fraction of sp³-hybridized carbons (Fsp3) is 0.200. The van der Waals surface area contributed by atoms with E-state index in [2.05, 4.69) is 144 Å². The monoisotopic (exact) mass is 957 g/mol. The number of fused-ring (bicyclic) bond motifs is 3. The van der Waals surface area contributed by atoms with Crippen LogP contribution < -0.4 is 4.40 Å². The molecule has 55 heavy (non-hydrogen) atoms. The van der Waals surface area contributed by atoms with Crippen LogP contribution in [0.1, 0.15) is 37.7 Å². The summed E-state index contributed by atoms with van der Waals surface area (Å²) in [5.41, 5.74) is 11.8. The predicted molar refractivity (Wildman–Crippen MR) is 228 cm³/mol. The molecule has 0 unspecified atom stereocenters. The maximum absolute atomic E-state index is 6.42. The molecule has 8 aromatic rings. The second-order valence-electron chi connectivity index (χ2n) is 15.6. The van der Waals surface area contributed by atoms with Crippen LogP contribution in [0.25, 0.3) is 66.7 Å². The third kappa shape index (κ3) is 9.10. The van der Waals surface area contributed by atoms with Crippen molar-refractivity contribution in [3.63, 3.8) is 0 Å². The van der Waals surface area contributed by atoms with Gasteiger partial charge in [0.2, 0.25) is 0 Å². The van der Waals surface area contributed by atoms with Crippen molar-refractivity contribution in [1.29, 1.82) is 0 Å². The Morgan fingerprint density at radius 3 is 2.05 bits per heavy atom. The molecule has 0 saturated heterocycles. The molecule has 1 saturated carbocycles. The molecule has 1 aliphatic carbocycles. The first-order valence-corrected chi connectivity index (χ1v) is 26.7. The van der Waals surface area contributed by atoms with Gasteiger partial charge >= 0.3 is 135 Å². The maximum Gasteiger partial charge on any atom is 0.121 e. The van der Waals surface area contributed by atoms with Crippen LogP contribution in [0.5, 0.6) is 0 Å². The van der Waals surface area contributed by atoms with Gasteiger partial charge in [0.05, 0.1) is 5.58 Å². The molecule has 0 aliphatic heterocycles. The molecule has 0 N–H and O–H groups in total. The van der Waals surface area contributed by atoms with Crippen LogP contribution in [-0.2, 0) is 26.5 Å². The number of furan rings is 1. The molecule has 9 rings (SSSR count). The van der Waals surface area contributed by atoms with Crippen LogP contribution in [-0.4, -0.2) is 23.2 Å². The molecular weight excluding hydrogens is 909 g/mol. The summed E-state index contributed by atoms with van der Waals surface area (Å²) >= 11 is -1.78. The third-order valence-electron chi connectivity index (χ3n) is 10.7. The number of rotatable bonds is 7. The van der Waals surface area contributed by atoms with Crippen molar-refractivity contribution in [2.24, 2.45) is 5.92 Å². The summed E-state index contributed by atoms with van der Waals surface area (Å²) in [5, 5.41) is 2.25. The Morgan fingerprint density at radius 2 is 1.38 bits per heavy atom. The Labute approximate surface area is 342 Å². The summed E-state index contributed by atoms with van der Waals surface area (Å²) in [5.74, 6) is 7.97. The van der Waals surface area contributed by atoms with Gasteiger partial charge in [-0.05, 0) is 41.3 Å². The summed E-state index contributed by atoms with van der Waals surface area (Å²) in [7, 11) is 0. The second kappa shape index (κ2) is 17.5. The van der Waals surface area contributed by atoms with Crippen molar-refractivity contribution in [2.45, 2.75) is 55.8 Å². The van der Waals surface area contributed by atoms with Gasteiger partial charge in [-0.2, -0.15) is 0 Å². The van der Waals surface area contributed by atoms with Crippen molar-refractivity contribution in [3.8, 4) is 44.8 Å². The van der Waals surface area contributed by atoms with Crippen molar-refractivity contribution in [2.75, 3.05) is 0 Å². The first kappa shape index (κ1) is 38.7. The molecule has 0 bridgehead atoms. The quantitative estimate of drug-likeness (QED) is 0.118. The van der Waals surface area contributed by atoms with Gasteiger partial charge in [-0.3, -0.25) is 0 Å². The van der Waals surface area contributed by atoms with Crippen LogP contribution >= 0.6 is 0 Å². The molecule has 5 heteroatoms. The standard InChI is InChI=1S/C30H26NO.C20H20GeN.Ir/c1-3-8-21(9-4-1)18-22-16-17-31-28(19-22)27-13-7-12-26-25-15-14-24(20-29(25)32-30(26)27)23-10-5-2-6-11-23;1-21(2,3)19-13-14-20(22-15-19)18-11-9-17(10-12-18)16-7-5-4-6-8-16;/h2,5-7,10-12,14-17,19-21H,1,3-4,8-9,18H2;4-11,13-15H,1-3H3;/q2*-1;. The van der Waals surface area contributed by atoms with Gasteiger partial charge in [-0.25, -0.2) is 0 Å². The van der Waals surface area contributed by atoms with Crippen LogP contribution in [0, 0.1) is 18.1 Å². The van der Waals surface area contributed by atoms with Crippen molar-refractivity contribution < 1.29 is 24.5 Å². The minimum atomic E-state index is -1.78. The van der Waals surface area contributed by atoms with Crippen LogP contribution in [0.4, 0.5) is 0 Å². The van der Waals surface area contributed by atoms with E-state index in [0.29, 0.717) is 0 Å². The van der Waals surface area contributed by atoms with E-state index in [0.717, 1.165) is 62.4 Å². The van der Waals surface area contributed by atoms with Gasteiger partial charge in [0.1, 0.15) is 5.58 Å². The summed E-state index contributed by atoms with van der Waals surface area (Å²) < 4.78 is 7.85. The van der Waals surface area contributed by atoms with E-state index in [1.165, 1.54) is 58.8 Å². The summed E-state index contributed by atoms with van der Waals surface area (Å²) in [4.78, 5) is 9.33. The SMILES string of the molecule is [CH3][Ge]([CH3])([CH3])[c]1ccc(-c2[c-]cc(-c3ccccc3)cc2)nc1.[Ir].[c-]1ccc2c(oc3cc(-c4ccccc4)ccc32)c1-c1cc(CC2CCCCC2)ccn1. The van der Waals surface area contributed by atoms with Crippen LogP contribution in [0.15, 0.2) is 150 Å². The van der Waals surface area contributed by atoms with Crippen LogP contribution in [0.3, 0.4) is 0 Å². The van der Waals surface area contributed by atoms with E-state index >= 15 is 0 Å². The number of hydrogen-bond acceptors (Lipinski definition) is 3. The molecule has 0 spiro atoms. The maximum atomic E-state index is 6.42. The topological polar surface area (TPSA) is 38.9 Å².